The number of ether oxygens (including phenoxy) is 1. The van der Waals surface area contributed by atoms with Crippen molar-refractivity contribution in [3.63, 3.8) is 0 Å². The van der Waals surface area contributed by atoms with Crippen molar-refractivity contribution in [2.75, 3.05) is 13.2 Å². The summed E-state index contributed by atoms with van der Waals surface area (Å²) in [5.41, 5.74) is 5.17. The van der Waals surface area contributed by atoms with Gasteiger partial charge in [0.05, 0.1) is 12.6 Å². The maximum Gasteiger partial charge on any atom is 0.241 e. The number of hydrogen-bond acceptors (Lipinski definition) is 3. The van der Waals surface area contributed by atoms with Crippen molar-refractivity contribution in [3.8, 4) is 12.3 Å². The first-order chi connectivity index (χ1) is 7.96. The summed E-state index contributed by atoms with van der Waals surface area (Å²) in [6.07, 6.45) is 7.17. The molecular formula is C13H20N2O2. The molecule has 94 valence electrons. The zero-order valence-corrected chi connectivity index (χ0v) is 10.5. The van der Waals surface area contributed by atoms with Crippen LogP contribution in [0.25, 0.3) is 0 Å². The first-order valence-electron chi connectivity index (χ1n) is 6.08. The monoisotopic (exact) mass is 236 g/mol. The SMILES string of the molecule is C#CCNC(=O)C1(N)C2CCCOC2C1(C)C. The van der Waals surface area contributed by atoms with Crippen molar-refractivity contribution in [2.45, 2.75) is 38.3 Å². The van der Waals surface area contributed by atoms with Crippen LogP contribution in [-0.4, -0.2) is 30.7 Å². The highest BCUT2D eigenvalue weighted by atomic mass is 16.5. The van der Waals surface area contributed by atoms with Crippen LogP contribution in [0.3, 0.4) is 0 Å². The predicted molar refractivity (Wildman–Crippen MR) is 65.0 cm³/mol. The Kier molecular flexibility index (Phi) is 2.92. The average molecular weight is 236 g/mol. The van der Waals surface area contributed by atoms with Gasteiger partial charge in [-0.05, 0) is 12.8 Å². The number of carbonyl (C=O) groups is 1. The van der Waals surface area contributed by atoms with Crippen molar-refractivity contribution in [1.82, 2.24) is 5.32 Å². The highest BCUT2D eigenvalue weighted by Gasteiger charge is 2.70. The Morgan fingerprint density at radius 2 is 2.35 bits per heavy atom. The molecule has 4 heteroatoms. The second-order valence-corrected chi connectivity index (χ2v) is 5.52. The predicted octanol–water partition coefficient (Wildman–Crippen LogP) is 0.268. The molecule has 1 heterocycles. The molecule has 2 aliphatic rings. The molecule has 4 nitrogen and oxygen atoms in total. The third-order valence-electron chi connectivity index (χ3n) is 4.41. The van der Waals surface area contributed by atoms with Gasteiger partial charge in [0, 0.05) is 17.9 Å². The van der Waals surface area contributed by atoms with Crippen LogP contribution in [0.5, 0.6) is 0 Å². The standard InChI is InChI=1S/C13H20N2O2/c1-4-7-15-11(16)13(14)9-6-5-8-17-10(9)12(13,2)3/h1,9-10H,5-8,14H2,2-3H3,(H,15,16). The lowest BCUT2D eigenvalue weighted by Gasteiger charge is -2.65. The first kappa shape index (κ1) is 12.4. The molecule has 1 aliphatic carbocycles. The Morgan fingerprint density at radius 3 is 3.00 bits per heavy atom. The summed E-state index contributed by atoms with van der Waals surface area (Å²) >= 11 is 0. The van der Waals surface area contributed by atoms with Gasteiger partial charge >= 0.3 is 0 Å². The number of fused-ring (bicyclic) bond motifs is 1. The molecule has 3 N–H and O–H groups in total. The average Bonchev–Trinajstić information content (AvgIpc) is 2.34. The Bertz CT molecular complexity index is 372. The molecule has 1 saturated heterocycles. The van der Waals surface area contributed by atoms with E-state index < -0.39 is 5.54 Å². The number of terminal acetylenes is 1. The Labute approximate surface area is 102 Å². The van der Waals surface area contributed by atoms with Crippen LogP contribution >= 0.6 is 0 Å². The van der Waals surface area contributed by atoms with Gasteiger partial charge in [0.25, 0.3) is 0 Å². The van der Waals surface area contributed by atoms with Crippen LogP contribution < -0.4 is 11.1 Å². The van der Waals surface area contributed by atoms with Crippen LogP contribution in [-0.2, 0) is 9.53 Å². The Balaban J connectivity index is 2.18. The number of rotatable bonds is 2. The molecule has 3 unspecified atom stereocenters. The van der Waals surface area contributed by atoms with Gasteiger partial charge in [-0.1, -0.05) is 19.8 Å². The summed E-state index contributed by atoms with van der Waals surface area (Å²) in [4.78, 5) is 12.2. The fourth-order valence-corrected chi connectivity index (χ4v) is 3.31. The van der Waals surface area contributed by atoms with Crippen molar-refractivity contribution in [3.05, 3.63) is 0 Å². The zero-order chi connectivity index (χ0) is 12.7. The summed E-state index contributed by atoms with van der Waals surface area (Å²) in [6.45, 7) is 4.99. The quantitative estimate of drug-likeness (QED) is 0.676. The van der Waals surface area contributed by atoms with Gasteiger partial charge in [0.15, 0.2) is 0 Å². The summed E-state index contributed by atoms with van der Waals surface area (Å²) < 4.78 is 5.74. The van der Waals surface area contributed by atoms with E-state index in [-0.39, 0.29) is 29.9 Å². The van der Waals surface area contributed by atoms with Crippen molar-refractivity contribution < 1.29 is 9.53 Å². The van der Waals surface area contributed by atoms with E-state index in [4.69, 9.17) is 16.9 Å². The van der Waals surface area contributed by atoms with Crippen molar-refractivity contribution in [2.24, 2.45) is 17.1 Å². The summed E-state index contributed by atoms with van der Waals surface area (Å²) in [5, 5.41) is 2.71. The van der Waals surface area contributed by atoms with E-state index in [2.05, 4.69) is 11.2 Å². The molecule has 0 aromatic carbocycles. The van der Waals surface area contributed by atoms with Gasteiger partial charge in [-0.2, -0.15) is 0 Å². The van der Waals surface area contributed by atoms with E-state index in [1.165, 1.54) is 0 Å². The van der Waals surface area contributed by atoms with E-state index >= 15 is 0 Å². The fraction of sp³-hybridized carbons (Fsp3) is 0.769. The number of carbonyl (C=O) groups excluding carboxylic acids is 1. The van der Waals surface area contributed by atoms with Crippen molar-refractivity contribution in [1.29, 1.82) is 0 Å². The van der Waals surface area contributed by atoms with Gasteiger partial charge in [-0.3, -0.25) is 4.79 Å². The van der Waals surface area contributed by atoms with Crippen LogP contribution in [0, 0.1) is 23.7 Å². The van der Waals surface area contributed by atoms with Crippen LogP contribution in [0.2, 0.25) is 0 Å². The zero-order valence-electron chi connectivity index (χ0n) is 10.5. The minimum Gasteiger partial charge on any atom is -0.377 e. The third kappa shape index (κ3) is 1.50. The van der Waals surface area contributed by atoms with E-state index in [1.54, 1.807) is 0 Å². The number of nitrogens with two attached hydrogens (primary N) is 1. The molecule has 3 atom stereocenters. The molecule has 0 aromatic rings. The molecule has 2 rings (SSSR count). The topological polar surface area (TPSA) is 64.4 Å². The van der Waals surface area contributed by atoms with E-state index in [9.17, 15) is 4.79 Å². The van der Waals surface area contributed by atoms with Gasteiger partial charge < -0.3 is 15.8 Å². The molecule has 0 aromatic heterocycles. The van der Waals surface area contributed by atoms with Crippen molar-refractivity contribution >= 4 is 5.91 Å². The highest BCUT2D eigenvalue weighted by Crippen LogP contribution is 2.57. The summed E-state index contributed by atoms with van der Waals surface area (Å²) in [7, 11) is 0. The van der Waals surface area contributed by atoms with E-state index in [1.807, 2.05) is 13.8 Å². The second-order valence-electron chi connectivity index (χ2n) is 5.52. The van der Waals surface area contributed by atoms with Crippen LogP contribution in [0.15, 0.2) is 0 Å². The third-order valence-corrected chi connectivity index (χ3v) is 4.41. The van der Waals surface area contributed by atoms with Crippen LogP contribution in [0.4, 0.5) is 0 Å². The van der Waals surface area contributed by atoms with Gasteiger partial charge in [-0.25, -0.2) is 0 Å². The number of amides is 1. The normalized spacial score (nSPS) is 38.5. The molecule has 1 saturated carbocycles. The van der Waals surface area contributed by atoms with Crippen LogP contribution in [0.1, 0.15) is 26.7 Å². The summed E-state index contributed by atoms with van der Waals surface area (Å²) in [6, 6.07) is 0. The second kappa shape index (κ2) is 4.01. The molecule has 17 heavy (non-hydrogen) atoms. The lowest BCUT2D eigenvalue weighted by molar-refractivity contribution is -0.225. The minimum atomic E-state index is -0.852. The highest BCUT2D eigenvalue weighted by molar-refractivity contribution is 5.89. The molecule has 0 bridgehead atoms. The molecule has 2 fully saturated rings. The lowest BCUT2D eigenvalue weighted by atomic mass is 9.46. The smallest absolute Gasteiger partial charge is 0.241 e. The molecule has 1 amide bonds. The first-order valence-corrected chi connectivity index (χ1v) is 6.08. The Hall–Kier alpha value is -1.05. The molecule has 0 radical (unpaired) electrons. The van der Waals surface area contributed by atoms with E-state index in [0.717, 1.165) is 19.4 Å². The summed E-state index contributed by atoms with van der Waals surface area (Å²) in [5.74, 6) is 2.37. The minimum absolute atomic E-state index is 0.0952. The number of nitrogens with one attached hydrogen (secondary N) is 1. The Morgan fingerprint density at radius 1 is 1.65 bits per heavy atom. The number of hydrogen-bond donors (Lipinski definition) is 2. The van der Waals surface area contributed by atoms with Gasteiger partial charge in [0.1, 0.15) is 5.54 Å². The molecule has 0 spiro atoms. The molecular weight excluding hydrogens is 216 g/mol. The largest absolute Gasteiger partial charge is 0.377 e. The molecule has 1 aliphatic heterocycles. The maximum atomic E-state index is 12.2. The van der Waals surface area contributed by atoms with Gasteiger partial charge in [-0.15, -0.1) is 6.42 Å². The maximum absolute atomic E-state index is 12.2. The lowest BCUT2D eigenvalue weighted by Crippen LogP contribution is -2.82. The fourth-order valence-electron chi connectivity index (χ4n) is 3.31. The van der Waals surface area contributed by atoms with E-state index in [0.29, 0.717) is 0 Å². The van der Waals surface area contributed by atoms with Gasteiger partial charge in [0.2, 0.25) is 5.91 Å².